The van der Waals surface area contributed by atoms with E-state index in [1.807, 2.05) is 95.7 Å². The summed E-state index contributed by atoms with van der Waals surface area (Å²) in [4.78, 5) is 41.3. The first-order valence-corrected chi connectivity index (χ1v) is 17.1. The van der Waals surface area contributed by atoms with Crippen LogP contribution in [-0.4, -0.2) is 43.9 Å². The minimum Gasteiger partial charge on any atom is -0.480 e. The van der Waals surface area contributed by atoms with Gasteiger partial charge in [-0.2, -0.15) is 0 Å². The van der Waals surface area contributed by atoms with Crippen LogP contribution in [0.15, 0.2) is 132 Å². The van der Waals surface area contributed by atoms with E-state index in [1.54, 1.807) is 35.6 Å². The second kappa shape index (κ2) is 19.5. The number of nitrogens with one attached hydrogen (secondary N) is 1. The molecule has 0 saturated carbocycles. The van der Waals surface area contributed by atoms with Gasteiger partial charge in [0.15, 0.2) is 0 Å². The van der Waals surface area contributed by atoms with E-state index in [2.05, 4.69) is 27.4 Å². The number of carboxylic acid groups (broad SMARTS) is 2. The molecule has 0 aliphatic heterocycles. The van der Waals surface area contributed by atoms with Crippen LogP contribution < -0.4 is 11.1 Å². The lowest BCUT2D eigenvalue weighted by Gasteiger charge is -2.13. The number of benzene rings is 4. The predicted octanol–water partition coefficient (Wildman–Crippen LogP) is 6.75. The molecule has 11 heteroatoms. The minimum absolute atomic E-state index is 0.0316. The van der Waals surface area contributed by atoms with Crippen molar-refractivity contribution in [1.82, 2.24) is 15.3 Å². The number of rotatable bonds is 12. The van der Waals surface area contributed by atoms with Crippen LogP contribution in [0, 0.1) is 0 Å². The van der Waals surface area contributed by atoms with Gasteiger partial charge in [-0.3, -0.25) is 14.9 Å². The Balaban J connectivity index is 0.000000182. The lowest BCUT2D eigenvalue weighted by atomic mass is 10.1. The number of nitrogens with zero attached hydrogens (tertiary/aromatic N) is 2. The summed E-state index contributed by atoms with van der Waals surface area (Å²) in [6, 6.07) is 37.9. The summed E-state index contributed by atoms with van der Waals surface area (Å²) in [5.74, 6) is -3.00. The zero-order valence-electron chi connectivity index (χ0n) is 26.5. The van der Waals surface area contributed by atoms with Crippen LogP contribution in [-0.2, 0) is 40.3 Å². The molecule has 0 aliphatic rings. The molecule has 0 aliphatic carbocycles. The summed E-state index contributed by atoms with van der Waals surface area (Å²) >= 11 is 3.15. The number of hydrogen-bond acceptors (Lipinski definition) is 9. The van der Waals surface area contributed by atoms with Crippen molar-refractivity contribution in [3.05, 3.63) is 153 Å². The van der Waals surface area contributed by atoms with Gasteiger partial charge in [0.25, 0.3) is 0 Å². The number of nitrogens with two attached hydrogens (primary N) is 1. The molecule has 0 saturated heterocycles. The van der Waals surface area contributed by atoms with Crippen LogP contribution in [0.3, 0.4) is 0 Å². The van der Waals surface area contributed by atoms with E-state index < -0.39 is 23.8 Å². The summed E-state index contributed by atoms with van der Waals surface area (Å²) in [6.07, 6.45) is 0.420. The highest BCUT2D eigenvalue weighted by atomic mass is 32.1. The topological polar surface area (TPSA) is 156 Å². The number of ketones is 1. The normalized spacial score (nSPS) is 10.9. The molecule has 5 N–H and O–H groups in total. The fraction of sp³-hybridized carbons (Fsp3) is 0.132. The molecule has 1 atom stereocenters. The minimum atomic E-state index is -1.38. The molecule has 6 rings (SSSR count). The lowest BCUT2D eigenvalue weighted by Crippen LogP contribution is -2.38. The van der Waals surface area contributed by atoms with Gasteiger partial charge >= 0.3 is 11.9 Å². The molecule has 2 heterocycles. The molecule has 49 heavy (non-hydrogen) atoms. The predicted molar refractivity (Wildman–Crippen MR) is 194 cm³/mol. The zero-order valence-corrected chi connectivity index (χ0v) is 28.1. The second-order valence-electron chi connectivity index (χ2n) is 10.5. The van der Waals surface area contributed by atoms with E-state index in [1.165, 1.54) is 11.3 Å². The number of thiazole rings is 2. The fourth-order valence-electron chi connectivity index (χ4n) is 4.44. The molecule has 0 bridgehead atoms. The SMILES string of the molecule is NCc1nc(-c2ccccc2)cs1.O=C(O)C(=O)Cc1ccccc1.O=C(O)C(Cc1ccccc1)NCc1nc(-c2ccccc2)cs1. The fourth-order valence-corrected chi connectivity index (χ4v) is 5.88. The van der Waals surface area contributed by atoms with E-state index >= 15 is 0 Å². The Kier molecular flexibility index (Phi) is 14.5. The molecular formula is C38H36N4O5S2. The van der Waals surface area contributed by atoms with E-state index in [0.29, 0.717) is 19.5 Å². The Hall–Kier alpha value is -5.33. The van der Waals surface area contributed by atoms with E-state index in [4.69, 9.17) is 10.8 Å². The van der Waals surface area contributed by atoms with Crippen molar-refractivity contribution in [2.24, 2.45) is 5.73 Å². The highest BCUT2D eigenvalue weighted by molar-refractivity contribution is 7.10. The van der Waals surface area contributed by atoms with Gasteiger partial charge in [0.1, 0.15) is 16.1 Å². The van der Waals surface area contributed by atoms with Gasteiger partial charge in [-0.15, -0.1) is 22.7 Å². The highest BCUT2D eigenvalue weighted by Crippen LogP contribution is 2.22. The number of hydrogen-bond donors (Lipinski definition) is 4. The first-order chi connectivity index (χ1) is 23.8. The first kappa shape index (κ1) is 36.5. The van der Waals surface area contributed by atoms with Crippen molar-refractivity contribution in [3.8, 4) is 22.5 Å². The molecule has 250 valence electrons. The first-order valence-electron chi connectivity index (χ1n) is 15.3. The van der Waals surface area contributed by atoms with E-state index in [-0.39, 0.29) is 6.42 Å². The highest BCUT2D eigenvalue weighted by Gasteiger charge is 2.18. The molecule has 0 radical (unpaired) electrons. The molecule has 6 aromatic rings. The third-order valence-electron chi connectivity index (χ3n) is 6.94. The van der Waals surface area contributed by atoms with Crippen molar-refractivity contribution < 1.29 is 24.6 Å². The monoisotopic (exact) mass is 692 g/mol. The van der Waals surface area contributed by atoms with Gasteiger partial charge in [0.2, 0.25) is 5.78 Å². The van der Waals surface area contributed by atoms with Crippen molar-refractivity contribution in [1.29, 1.82) is 0 Å². The molecule has 2 aromatic heterocycles. The summed E-state index contributed by atoms with van der Waals surface area (Å²) in [5.41, 5.74) is 11.4. The zero-order chi connectivity index (χ0) is 34.8. The lowest BCUT2D eigenvalue weighted by molar-refractivity contribution is -0.148. The van der Waals surface area contributed by atoms with Gasteiger partial charge in [-0.25, -0.2) is 14.8 Å². The number of aromatic nitrogens is 2. The third kappa shape index (κ3) is 12.3. The number of aliphatic carboxylic acids is 2. The number of carboxylic acids is 2. The summed E-state index contributed by atoms with van der Waals surface area (Å²) in [5, 5.41) is 26.7. The van der Waals surface area contributed by atoms with Crippen LogP contribution in [0.2, 0.25) is 0 Å². The molecule has 0 amide bonds. The van der Waals surface area contributed by atoms with E-state index in [0.717, 1.165) is 43.7 Å². The largest absolute Gasteiger partial charge is 0.480 e. The van der Waals surface area contributed by atoms with Crippen LogP contribution in [0.1, 0.15) is 21.1 Å². The van der Waals surface area contributed by atoms with Crippen LogP contribution in [0.4, 0.5) is 0 Å². The summed E-state index contributed by atoms with van der Waals surface area (Å²) < 4.78 is 0. The average molecular weight is 693 g/mol. The van der Waals surface area contributed by atoms with Gasteiger partial charge in [-0.05, 0) is 17.5 Å². The van der Waals surface area contributed by atoms with Gasteiger partial charge in [-0.1, -0.05) is 121 Å². The Morgan fingerprint density at radius 1 is 0.653 bits per heavy atom. The molecule has 0 fully saturated rings. The van der Waals surface area contributed by atoms with Crippen molar-refractivity contribution in [2.75, 3.05) is 0 Å². The Morgan fingerprint density at radius 3 is 1.55 bits per heavy atom. The second-order valence-corrected chi connectivity index (χ2v) is 12.4. The van der Waals surface area contributed by atoms with Gasteiger partial charge < -0.3 is 15.9 Å². The quantitative estimate of drug-likeness (QED) is 0.102. The number of carbonyl (C=O) groups excluding carboxylic acids is 1. The summed E-state index contributed by atoms with van der Waals surface area (Å²) in [6.45, 7) is 0.971. The third-order valence-corrected chi connectivity index (χ3v) is 8.66. The van der Waals surface area contributed by atoms with Crippen LogP contribution >= 0.6 is 22.7 Å². The van der Waals surface area contributed by atoms with E-state index in [9.17, 15) is 19.5 Å². The average Bonchev–Trinajstić information content (AvgIpc) is 3.83. The smallest absolute Gasteiger partial charge is 0.372 e. The Morgan fingerprint density at radius 2 is 1.10 bits per heavy atom. The molecule has 9 nitrogen and oxygen atoms in total. The molecular weight excluding hydrogens is 657 g/mol. The van der Waals surface area contributed by atoms with Crippen molar-refractivity contribution in [2.45, 2.75) is 32.0 Å². The maximum Gasteiger partial charge on any atom is 0.372 e. The van der Waals surface area contributed by atoms with Gasteiger partial charge in [0, 0.05) is 41.4 Å². The van der Waals surface area contributed by atoms with Crippen LogP contribution in [0.25, 0.3) is 22.5 Å². The summed E-state index contributed by atoms with van der Waals surface area (Å²) in [7, 11) is 0. The van der Waals surface area contributed by atoms with Gasteiger partial charge in [0.05, 0.1) is 11.4 Å². The maximum absolute atomic E-state index is 11.5. The maximum atomic E-state index is 11.5. The number of Topliss-reactive ketones (excluding diaryl/α,β-unsaturated/α-hetero) is 1. The van der Waals surface area contributed by atoms with Crippen molar-refractivity contribution in [3.63, 3.8) is 0 Å². The van der Waals surface area contributed by atoms with Crippen molar-refractivity contribution >= 4 is 40.4 Å². The molecule has 1 unspecified atom stereocenters. The Bertz CT molecular complexity index is 1880. The van der Waals surface area contributed by atoms with Crippen LogP contribution in [0.5, 0.6) is 0 Å². The molecule has 0 spiro atoms. The standard InChI is InChI=1S/C19H18N2O2S.C10H10N2S.C9H8O3/c22-19(23)16(11-14-7-3-1-4-8-14)20-12-18-21-17(13-24-18)15-9-5-2-6-10-15;11-6-10-12-9(7-13-10)8-4-2-1-3-5-8;10-8(9(11)12)6-7-4-2-1-3-5-7/h1-10,13,16,20H,11-12H2,(H,22,23);1-5,7H,6,11H2;1-5H,6H2,(H,11,12). The number of carbonyl (C=O) groups is 3. The Labute approximate surface area is 292 Å². The molecule has 4 aromatic carbocycles.